The van der Waals surface area contributed by atoms with Crippen molar-refractivity contribution in [2.45, 2.75) is 70.1 Å². The molecule has 0 aromatic rings. The molecule has 0 spiro atoms. The molecule has 6 amide bonds. The summed E-state index contributed by atoms with van der Waals surface area (Å²) in [5.41, 5.74) is 21.1. The molecule has 0 aliphatic rings. The maximum atomic E-state index is 12.7. The van der Waals surface area contributed by atoms with Crippen molar-refractivity contribution in [1.29, 1.82) is 0 Å². The summed E-state index contributed by atoms with van der Waals surface area (Å²) in [5.74, 6) is -7.43. The van der Waals surface area contributed by atoms with Gasteiger partial charge in [0, 0.05) is 6.42 Å². The summed E-state index contributed by atoms with van der Waals surface area (Å²) >= 11 is 0. The molecule has 0 rings (SSSR count). The summed E-state index contributed by atoms with van der Waals surface area (Å²) in [6.07, 6.45) is -1.52. The number of hydrogen-bond acceptors (Lipinski definition) is 8. The molecule has 5 unspecified atom stereocenters. The molecule has 0 aliphatic carbocycles. The Kier molecular flexibility index (Phi) is 12.8. The molecule has 0 saturated carbocycles. The van der Waals surface area contributed by atoms with Crippen molar-refractivity contribution in [3.8, 4) is 0 Å². The Morgan fingerprint density at radius 3 is 1.50 bits per heavy atom. The molecule has 0 bridgehead atoms. The normalized spacial score (nSPS) is 15.0. The van der Waals surface area contributed by atoms with Crippen LogP contribution in [0, 0.1) is 5.92 Å². The van der Waals surface area contributed by atoms with E-state index in [2.05, 4.69) is 16.0 Å². The lowest BCUT2D eigenvalue weighted by Gasteiger charge is -2.25. The average Bonchev–Trinajstić information content (AvgIpc) is 2.73. The van der Waals surface area contributed by atoms with Gasteiger partial charge in [-0.2, -0.15) is 0 Å². The summed E-state index contributed by atoms with van der Waals surface area (Å²) in [6.45, 7) is 3.50. The molecule has 34 heavy (non-hydrogen) atoms. The van der Waals surface area contributed by atoms with E-state index in [-0.39, 0.29) is 18.8 Å². The standard InChI is InChI=1S/C19H33N7O8/c1-3-8(2)15(23)18(32)26-11(7-14(22)29)17(31)25-10(6-13(21)28)16(30)24-9(19(33)34)4-5-12(20)27/h8-11,15H,3-7,23H2,1-2H3,(H2,20,27)(H2,21,28)(H2,22,29)(H,24,30)(H,25,31)(H,26,32)(H,33,34). The highest BCUT2D eigenvalue weighted by atomic mass is 16.4. The fraction of sp³-hybridized carbons (Fsp3) is 0.632. The van der Waals surface area contributed by atoms with Gasteiger partial charge in [-0.05, 0) is 12.3 Å². The van der Waals surface area contributed by atoms with E-state index in [1.54, 1.807) is 13.8 Å². The zero-order valence-corrected chi connectivity index (χ0v) is 19.0. The van der Waals surface area contributed by atoms with E-state index < -0.39 is 78.4 Å². The van der Waals surface area contributed by atoms with E-state index in [1.165, 1.54) is 0 Å². The molecule has 0 fully saturated rings. The first-order chi connectivity index (χ1) is 15.7. The van der Waals surface area contributed by atoms with Gasteiger partial charge in [0.25, 0.3) is 0 Å². The SMILES string of the molecule is CCC(C)C(N)C(=O)NC(CC(N)=O)C(=O)NC(CC(N)=O)C(=O)NC(CCC(N)=O)C(=O)O. The summed E-state index contributed by atoms with van der Waals surface area (Å²) in [5, 5.41) is 15.7. The molecule has 5 atom stereocenters. The Labute approximate surface area is 195 Å². The quantitative estimate of drug-likeness (QED) is 0.105. The molecule has 0 aromatic carbocycles. The van der Waals surface area contributed by atoms with Crippen molar-refractivity contribution in [2.24, 2.45) is 28.9 Å². The van der Waals surface area contributed by atoms with Gasteiger partial charge in [-0.15, -0.1) is 0 Å². The molecule has 0 saturated heterocycles. The molecular formula is C19H33N7O8. The number of hydrogen-bond donors (Lipinski definition) is 8. The van der Waals surface area contributed by atoms with Gasteiger partial charge in [-0.3, -0.25) is 28.8 Å². The van der Waals surface area contributed by atoms with Crippen LogP contribution in [0.3, 0.4) is 0 Å². The zero-order valence-electron chi connectivity index (χ0n) is 19.0. The summed E-state index contributed by atoms with van der Waals surface area (Å²) in [6, 6.07) is -5.74. The van der Waals surface area contributed by atoms with Crippen LogP contribution < -0.4 is 38.9 Å². The number of primary amides is 3. The van der Waals surface area contributed by atoms with Crippen LogP contribution in [0.5, 0.6) is 0 Å². The Morgan fingerprint density at radius 2 is 1.15 bits per heavy atom. The van der Waals surface area contributed by atoms with Crippen LogP contribution in [0.1, 0.15) is 46.0 Å². The summed E-state index contributed by atoms with van der Waals surface area (Å²) < 4.78 is 0. The van der Waals surface area contributed by atoms with Crippen molar-refractivity contribution in [3.05, 3.63) is 0 Å². The highest BCUT2D eigenvalue weighted by Crippen LogP contribution is 2.07. The van der Waals surface area contributed by atoms with E-state index in [1.807, 2.05) is 0 Å². The number of carbonyl (C=O) groups is 7. The van der Waals surface area contributed by atoms with E-state index in [4.69, 9.17) is 22.9 Å². The number of nitrogens with two attached hydrogens (primary N) is 4. The molecule has 0 heterocycles. The lowest BCUT2D eigenvalue weighted by molar-refractivity contribution is -0.143. The second-order valence-corrected chi connectivity index (χ2v) is 7.78. The lowest BCUT2D eigenvalue weighted by Crippen LogP contribution is -2.58. The minimum absolute atomic E-state index is 0.251. The van der Waals surface area contributed by atoms with Gasteiger partial charge in [-0.25, -0.2) is 4.79 Å². The number of carboxylic acids is 1. The minimum atomic E-state index is -1.66. The summed E-state index contributed by atoms with van der Waals surface area (Å²) in [4.78, 5) is 82.7. The zero-order chi connectivity index (χ0) is 26.6. The van der Waals surface area contributed by atoms with Crippen molar-refractivity contribution in [1.82, 2.24) is 16.0 Å². The maximum Gasteiger partial charge on any atom is 0.326 e. The first-order valence-electron chi connectivity index (χ1n) is 10.4. The number of rotatable bonds is 16. The van der Waals surface area contributed by atoms with E-state index in [0.717, 1.165) is 0 Å². The topological polar surface area (TPSA) is 280 Å². The van der Waals surface area contributed by atoms with Crippen molar-refractivity contribution < 1.29 is 38.7 Å². The van der Waals surface area contributed by atoms with Gasteiger partial charge in [0.05, 0.1) is 18.9 Å². The monoisotopic (exact) mass is 487 g/mol. The fourth-order valence-electron chi connectivity index (χ4n) is 2.69. The number of aliphatic carboxylic acids is 1. The van der Waals surface area contributed by atoms with Crippen molar-refractivity contribution >= 4 is 41.4 Å². The third kappa shape index (κ3) is 11.2. The van der Waals surface area contributed by atoms with Crippen LogP contribution in [-0.4, -0.2) is 70.7 Å². The smallest absolute Gasteiger partial charge is 0.326 e. The predicted octanol–water partition coefficient (Wildman–Crippen LogP) is -4.08. The number of carboxylic acid groups (broad SMARTS) is 1. The Hall–Kier alpha value is -3.75. The Bertz CT molecular complexity index is 804. The molecule has 12 N–H and O–H groups in total. The molecule has 0 aromatic heterocycles. The molecular weight excluding hydrogens is 454 g/mol. The van der Waals surface area contributed by atoms with Gasteiger partial charge in [0.15, 0.2) is 0 Å². The lowest BCUT2D eigenvalue weighted by atomic mass is 9.99. The second-order valence-electron chi connectivity index (χ2n) is 7.78. The van der Waals surface area contributed by atoms with Crippen LogP contribution in [0.4, 0.5) is 0 Å². The predicted molar refractivity (Wildman–Crippen MR) is 117 cm³/mol. The van der Waals surface area contributed by atoms with E-state index in [0.29, 0.717) is 6.42 Å². The van der Waals surface area contributed by atoms with Gasteiger partial charge in [0.2, 0.25) is 35.4 Å². The van der Waals surface area contributed by atoms with Crippen LogP contribution in [0.25, 0.3) is 0 Å². The molecule has 192 valence electrons. The first kappa shape index (κ1) is 30.2. The van der Waals surface area contributed by atoms with E-state index >= 15 is 0 Å². The van der Waals surface area contributed by atoms with Gasteiger partial charge >= 0.3 is 5.97 Å². The Morgan fingerprint density at radius 1 is 0.735 bits per heavy atom. The number of nitrogens with one attached hydrogen (secondary N) is 3. The first-order valence-corrected chi connectivity index (χ1v) is 10.4. The number of amides is 6. The second kappa shape index (κ2) is 14.4. The molecule has 0 radical (unpaired) electrons. The maximum absolute atomic E-state index is 12.7. The fourth-order valence-corrected chi connectivity index (χ4v) is 2.69. The van der Waals surface area contributed by atoms with Crippen molar-refractivity contribution in [2.75, 3.05) is 0 Å². The number of carbonyl (C=O) groups excluding carboxylic acids is 6. The highest BCUT2D eigenvalue weighted by Gasteiger charge is 2.32. The molecule has 15 heteroatoms. The Balaban J connectivity index is 5.58. The van der Waals surface area contributed by atoms with Gasteiger partial charge in [-0.1, -0.05) is 20.3 Å². The molecule has 0 aliphatic heterocycles. The van der Waals surface area contributed by atoms with Gasteiger partial charge in [0.1, 0.15) is 18.1 Å². The van der Waals surface area contributed by atoms with Crippen LogP contribution in [-0.2, 0) is 33.6 Å². The highest BCUT2D eigenvalue weighted by molar-refractivity contribution is 5.97. The average molecular weight is 488 g/mol. The van der Waals surface area contributed by atoms with Crippen LogP contribution in [0.15, 0.2) is 0 Å². The minimum Gasteiger partial charge on any atom is -0.480 e. The largest absolute Gasteiger partial charge is 0.480 e. The molecule has 15 nitrogen and oxygen atoms in total. The third-order valence-corrected chi connectivity index (χ3v) is 4.93. The summed E-state index contributed by atoms with van der Waals surface area (Å²) in [7, 11) is 0. The van der Waals surface area contributed by atoms with Crippen molar-refractivity contribution in [3.63, 3.8) is 0 Å². The third-order valence-electron chi connectivity index (χ3n) is 4.93. The van der Waals surface area contributed by atoms with Crippen LogP contribution in [0.2, 0.25) is 0 Å². The van der Waals surface area contributed by atoms with Gasteiger partial charge < -0.3 is 44.0 Å². The van der Waals surface area contributed by atoms with E-state index in [9.17, 15) is 38.7 Å². The van der Waals surface area contributed by atoms with Crippen LogP contribution >= 0.6 is 0 Å².